The smallest absolute Gasteiger partial charge is 0.323 e. The van der Waals surface area contributed by atoms with Crippen molar-refractivity contribution in [2.24, 2.45) is 0 Å². The van der Waals surface area contributed by atoms with Crippen molar-refractivity contribution in [1.82, 2.24) is 14.7 Å². The molecular formula is C17H21N3O3. The number of carbonyl (C=O) groups is 2. The van der Waals surface area contributed by atoms with Crippen molar-refractivity contribution >= 4 is 11.9 Å². The standard InChI is InChI=1S/C17H21N3O3/c1-13-10-14(2)20(18-13)11-16(21)19(12-17(22)23)9-8-15-6-4-3-5-7-15/h3-7,10H,8-9,11-12H2,1-2H3,(H,22,23). The average Bonchev–Trinajstić information content (AvgIpc) is 2.82. The molecule has 2 rings (SSSR count). The first-order valence-electron chi connectivity index (χ1n) is 7.50. The molecule has 1 amide bonds. The Morgan fingerprint density at radius 3 is 2.48 bits per heavy atom. The average molecular weight is 315 g/mol. The SMILES string of the molecule is Cc1cc(C)n(CC(=O)N(CCc2ccccc2)CC(=O)O)n1. The van der Waals surface area contributed by atoms with E-state index in [-0.39, 0.29) is 19.0 Å². The van der Waals surface area contributed by atoms with E-state index in [1.807, 2.05) is 50.2 Å². The van der Waals surface area contributed by atoms with Crippen LogP contribution in [0.3, 0.4) is 0 Å². The van der Waals surface area contributed by atoms with Crippen LogP contribution in [0.1, 0.15) is 17.0 Å². The van der Waals surface area contributed by atoms with Gasteiger partial charge < -0.3 is 10.0 Å². The number of carboxylic acids is 1. The molecule has 0 atom stereocenters. The van der Waals surface area contributed by atoms with Crippen LogP contribution in [0.4, 0.5) is 0 Å². The molecule has 0 bridgehead atoms. The molecule has 122 valence electrons. The largest absolute Gasteiger partial charge is 0.480 e. The Labute approximate surface area is 135 Å². The van der Waals surface area contributed by atoms with Gasteiger partial charge in [0.25, 0.3) is 0 Å². The molecule has 1 aromatic carbocycles. The van der Waals surface area contributed by atoms with E-state index in [2.05, 4.69) is 5.10 Å². The summed E-state index contributed by atoms with van der Waals surface area (Å²) in [4.78, 5) is 24.8. The number of carbonyl (C=O) groups excluding carboxylic acids is 1. The Morgan fingerprint density at radius 2 is 1.91 bits per heavy atom. The van der Waals surface area contributed by atoms with Gasteiger partial charge in [-0.15, -0.1) is 0 Å². The van der Waals surface area contributed by atoms with E-state index in [9.17, 15) is 9.59 Å². The molecule has 0 aliphatic carbocycles. The number of amides is 1. The molecule has 1 aromatic heterocycles. The van der Waals surface area contributed by atoms with Gasteiger partial charge in [0.05, 0.1) is 5.69 Å². The Balaban J connectivity index is 2.03. The molecule has 0 spiro atoms. The van der Waals surface area contributed by atoms with Crippen LogP contribution < -0.4 is 0 Å². The summed E-state index contributed by atoms with van der Waals surface area (Å²) in [6.07, 6.45) is 0.622. The van der Waals surface area contributed by atoms with Gasteiger partial charge in [0.1, 0.15) is 13.1 Å². The minimum absolute atomic E-state index is 0.0573. The second-order valence-electron chi connectivity index (χ2n) is 5.53. The van der Waals surface area contributed by atoms with E-state index >= 15 is 0 Å². The maximum atomic E-state index is 12.4. The van der Waals surface area contributed by atoms with Gasteiger partial charge in [-0.25, -0.2) is 0 Å². The number of aliphatic carboxylic acids is 1. The summed E-state index contributed by atoms with van der Waals surface area (Å²) in [6.45, 7) is 3.86. The van der Waals surface area contributed by atoms with Gasteiger partial charge in [-0.2, -0.15) is 5.10 Å². The van der Waals surface area contributed by atoms with Gasteiger partial charge in [-0.3, -0.25) is 14.3 Å². The van der Waals surface area contributed by atoms with E-state index in [4.69, 9.17) is 5.11 Å². The quantitative estimate of drug-likeness (QED) is 0.843. The molecule has 1 heterocycles. The van der Waals surface area contributed by atoms with Crippen molar-refractivity contribution in [3.63, 3.8) is 0 Å². The number of benzene rings is 1. The van der Waals surface area contributed by atoms with Crippen LogP contribution >= 0.6 is 0 Å². The van der Waals surface area contributed by atoms with Gasteiger partial charge in [0.2, 0.25) is 5.91 Å². The molecule has 6 nitrogen and oxygen atoms in total. The first kappa shape index (κ1) is 16.7. The number of carboxylic acid groups (broad SMARTS) is 1. The predicted octanol–water partition coefficient (Wildman–Crippen LogP) is 1.66. The highest BCUT2D eigenvalue weighted by molar-refractivity contribution is 5.81. The number of nitrogens with zero attached hydrogens (tertiary/aromatic N) is 3. The lowest BCUT2D eigenvalue weighted by Crippen LogP contribution is -2.39. The fourth-order valence-corrected chi connectivity index (χ4v) is 2.43. The van der Waals surface area contributed by atoms with Crippen LogP contribution in [-0.4, -0.2) is 44.8 Å². The Morgan fingerprint density at radius 1 is 1.22 bits per heavy atom. The zero-order valence-electron chi connectivity index (χ0n) is 13.4. The molecular weight excluding hydrogens is 294 g/mol. The van der Waals surface area contributed by atoms with Crippen molar-refractivity contribution < 1.29 is 14.7 Å². The van der Waals surface area contributed by atoms with E-state index < -0.39 is 5.97 Å². The summed E-state index contributed by atoms with van der Waals surface area (Å²) in [5.74, 6) is -1.26. The predicted molar refractivity (Wildman–Crippen MR) is 86.1 cm³/mol. The zero-order valence-corrected chi connectivity index (χ0v) is 13.4. The van der Waals surface area contributed by atoms with E-state index in [0.29, 0.717) is 13.0 Å². The Hall–Kier alpha value is -2.63. The fraction of sp³-hybridized carbons (Fsp3) is 0.353. The van der Waals surface area contributed by atoms with Gasteiger partial charge in [-0.05, 0) is 31.9 Å². The Kier molecular flexibility index (Phi) is 5.51. The molecule has 1 N–H and O–H groups in total. The molecule has 0 saturated carbocycles. The van der Waals surface area contributed by atoms with Crippen molar-refractivity contribution in [1.29, 1.82) is 0 Å². The molecule has 0 aliphatic rings. The third-order valence-electron chi connectivity index (χ3n) is 3.58. The second-order valence-corrected chi connectivity index (χ2v) is 5.53. The fourth-order valence-electron chi connectivity index (χ4n) is 2.43. The van der Waals surface area contributed by atoms with Crippen LogP contribution in [0.5, 0.6) is 0 Å². The number of hydrogen-bond donors (Lipinski definition) is 1. The molecule has 2 aromatic rings. The van der Waals surface area contributed by atoms with Crippen LogP contribution in [0.15, 0.2) is 36.4 Å². The molecule has 0 saturated heterocycles. The summed E-state index contributed by atoms with van der Waals surface area (Å²) in [7, 11) is 0. The van der Waals surface area contributed by atoms with Crippen molar-refractivity contribution in [3.8, 4) is 0 Å². The monoisotopic (exact) mass is 315 g/mol. The zero-order chi connectivity index (χ0) is 16.8. The minimum Gasteiger partial charge on any atom is -0.480 e. The third kappa shape index (κ3) is 4.95. The summed E-state index contributed by atoms with van der Waals surface area (Å²) in [5.41, 5.74) is 2.79. The lowest BCUT2D eigenvalue weighted by molar-refractivity contribution is -0.144. The summed E-state index contributed by atoms with van der Waals surface area (Å²) in [6, 6.07) is 11.6. The topological polar surface area (TPSA) is 75.4 Å². The second kappa shape index (κ2) is 7.58. The highest BCUT2D eigenvalue weighted by Gasteiger charge is 2.18. The lowest BCUT2D eigenvalue weighted by Gasteiger charge is -2.21. The maximum Gasteiger partial charge on any atom is 0.323 e. The number of rotatable bonds is 7. The van der Waals surface area contributed by atoms with Gasteiger partial charge in [0.15, 0.2) is 0 Å². The van der Waals surface area contributed by atoms with Crippen LogP contribution in [-0.2, 0) is 22.6 Å². The van der Waals surface area contributed by atoms with Gasteiger partial charge in [-0.1, -0.05) is 30.3 Å². The maximum absolute atomic E-state index is 12.4. The summed E-state index contributed by atoms with van der Waals surface area (Å²) in [5, 5.41) is 13.3. The highest BCUT2D eigenvalue weighted by Crippen LogP contribution is 2.05. The van der Waals surface area contributed by atoms with Gasteiger partial charge in [0, 0.05) is 12.2 Å². The van der Waals surface area contributed by atoms with E-state index in [1.54, 1.807) is 4.68 Å². The van der Waals surface area contributed by atoms with Crippen molar-refractivity contribution in [2.75, 3.05) is 13.1 Å². The molecule has 23 heavy (non-hydrogen) atoms. The van der Waals surface area contributed by atoms with Crippen LogP contribution in [0.25, 0.3) is 0 Å². The normalized spacial score (nSPS) is 10.5. The van der Waals surface area contributed by atoms with Gasteiger partial charge >= 0.3 is 5.97 Å². The Bertz CT molecular complexity index is 680. The molecule has 0 fully saturated rings. The van der Waals surface area contributed by atoms with E-state index in [0.717, 1.165) is 17.0 Å². The lowest BCUT2D eigenvalue weighted by atomic mass is 10.1. The highest BCUT2D eigenvalue weighted by atomic mass is 16.4. The number of hydrogen-bond acceptors (Lipinski definition) is 3. The number of aromatic nitrogens is 2. The summed E-state index contributed by atoms with van der Waals surface area (Å²) >= 11 is 0. The molecule has 6 heteroatoms. The number of aryl methyl sites for hydroxylation is 2. The van der Waals surface area contributed by atoms with Crippen LogP contribution in [0, 0.1) is 13.8 Å². The molecule has 0 aliphatic heterocycles. The van der Waals surface area contributed by atoms with Crippen molar-refractivity contribution in [2.45, 2.75) is 26.8 Å². The molecule has 0 radical (unpaired) electrons. The molecule has 0 unspecified atom stereocenters. The first-order chi connectivity index (χ1) is 11.0. The van der Waals surface area contributed by atoms with Crippen LogP contribution in [0.2, 0.25) is 0 Å². The third-order valence-corrected chi connectivity index (χ3v) is 3.58. The van der Waals surface area contributed by atoms with E-state index in [1.165, 1.54) is 4.90 Å². The minimum atomic E-state index is -1.01. The summed E-state index contributed by atoms with van der Waals surface area (Å²) < 4.78 is 1.61. The van der Waals surface area contributed by atoms with Crippen molar-refractivity contribution in [3.05, 3.63) is 53.3 Å². The first-order valence-corrected chi connectivity index (χ1v) is 7.50.